The first-order valence-electron chi connectivity index (χ1n) is 6.75. The lowest BCUT2D eigenvalue weighted by atomic mass is 10.1. The van der Waals surface area contributed by atoms with Crippen molar-refractivity contribution in [3.63, 3.8) is 0 Å². The Labute approximate surface area is 152 Å². The minimum atomic E-state index is -4.91. The van der Waals surface area contributed by atoms with Crippen LogP contribution < -0.4 is 5.32 Å². The van der Waals surface area contributed by atoms with Gasteiger partial charge in [-0.05, 0) is 65.4 Å². The monoisotopic (exact) mass is 473 g/mol. The standard InChI is InChI=1S/C16H10F6INO/c1-8-2-3-9(6-12(8)23)14(25)24-13-7-10(15(17,18)19)4-5-11(13)16(20,21)22/h2-7H,1H3,(H,24,25). The van der Waals surface area contributed by atoms with E-state index in [4.69, 9.17) is 0 Å². The summed E-state index contributed by atoms with van der Waals surface area (Å²) in [7, 11) is 0. The van der Waals surface area contributed by atoms with Gasteiger partial charge in [0.05, 0.1) is 16.8 Å². The maximum atomic E-state index is 13.0. The maximum Gasteiger partial charge on any atom is 0.418 e. The molecular formula is C16H10F6INO. The summed E-state index contributed by atoms with van der Waals surface area (Å²) >= 11 is 1.94. The van der Waals surface area contributed by atoms with Gasteiger partial charge in [0, 0.05) is 9.13 Å². The topological polar surface area (TPSA) is 29.1 Å². The van der Waals surface area contributed by atoms with E-state index >= 15 is 0 Å². The van der Waals surface area contributed by atoms with E-state index < -0.39 is 35.1 Å². The van der Waals surface area contributed by atoms with Crippen molar-refractivity contribution < 1.29 is 31.1 Å². The number of hydrogen-bond donors (Lipinski definition) is 1. The number of amides is 1. The molecule has 0 aliphatic rings. The molecule has 0 spiro atoms. The zero-order chi connectivity index (χ0) is 19.0. The molecule has 0 saturated heterocycles. The second-order valence-corrected chi connectivity index (χ2v) is 6.34. The van der Waals surface area contributed by atoms with Crippen LogP contribution in [0.3, 0.4) is 0 Å². The van der Waals surface area contributed by atoms with E-state index in [1.165, 1.54) is 12.1 Å². The average molecular weight is 473 g/mol. The Morgan fingerprint density at radius 1 is 0.960 bits per heavy atom. The number of halogens is 7. The summed E-state index contributed by atoms with van der Waals surface area (Å²) in [6.45, 7) is 1.78. The Kier molecular flexibility index (Phi) is 5.35. The molecule has 9 heteroatoms. The van der Waals surface area contributed by atoms with Crippen molar-refractivity contribution in [2.24, 2.45) is 0 Å². The zero-order valence-electron chi connectivity index (χ0n) is 12.5. The van der Waals surface area contributed by atoms with Crippen LogP contribution in [0.25, 0.3) is 0 Å². The van der Waals surface area contributed by atoms with E-state index in [2.05, 4.69) is 0 Å². The van der Waals surface area contributed by atoms with Crippen LogP contribution in [-0.2, 0) is 12.4 Å². The molecule has 0 fully saturated rings. The number of alkyl halides is 6. The van der Waals surface area contributed by atoms with Gasteiger partial charge in [-0.25, -0.2) is 0 Å². The highest BCUT2D eigenvalue weighted by Crippen LogP contribution is 2.39. The summed E-state index contributed by atoms with van der Waals surface area (Å²) in [5, 5.41) is 1.93. The van der Waals surface area contributed by atoms with Crippen LogP contribution in [0, 0.1) is 10.5 Å². The van der Waals surface area contributed by atoms with Crippen LogP contribution in [-0.4, -0.2) is 5.91 Å². The van der Waals surface area contributed by atoms with Crippen LogP contribution in [0.15, 0.2) is 36.4 Å². The average Bonchev–Trinajstić information content (AvgIpc) is 2.47. The summed E-state index contributed by atoms with van der Waals surface area (Å²) in [5.74, 6) is -0.928. The van der Waals surface area contributed by atoms with Crippen molar-refractivity contribution in [2.45, 2.75) is 19.3 Å². The summed E-state index contributed by atoms with van der Waals surface area (Å²) in [6, 6.07) is 5.32. The molecule has 2 aromatic rings. The normalized spacial score (nSPS) is 12.2. The van der Waals surface area contributed by atoms with Crippen LogP contribution in [0.5, 0.6) is 0 Å². The molecule has 0 bridgehead atoms. The summed E-state index contributed by atoms with van der Waals surface area (Å²) in [4.78, 5) is 12.2. The van der Waals surface area contributed by atoms with Gasteiger partial charge >= 0.3 is 12.4 Å². The molecule has 0 aliphatic heterocycles. The van der Waals surface area contributed by atoms with Crippen molar-refractivity contribution in [1.29, 1.82) is 0 Å². The number of hydrogen-bond acceptors (Lipinski definition) is 1. The van der Waals surface area contributed by atoms with Gasteiger partial charge in [0.15, 0.2) is 0 Å². The van der Waals surface area contributed by atoms with E-state index in [9.17, 15) is 31.1 Å². The number of anilines is 1. The molecule has 0 heterocycles. The summed E-state index contributed by atoms with van der Waals surface area (Å²) < 4.78 is 78.0. The van der Waals surface area contributed by atoms with Crippen molar-refractivity contribution in [1.82, 2.24) is 0 Å². The fourth-order valence-corrected chi connectivity index (χ4v) is 2.52. The van der Waals surface area contributed by atoms with Crippen molar-refractivity contribution in [3.05, 3.63) is 62.2 Å². The molecule has 0 unspecified atom stereocenters. The minimum Gasteiger partial charge on any atom is -0.321 e. The fraction of sp³-hybridized carbons (Fsp3) is 0.188. The second kappa shape index (κ2) is 6.85. The Balaban J connectivity index is 2.45. The van der Waals surface area contributed by atoms with Crippen LogP contribution in [0.2, 0.25) is 0 Å². The molecule has 0 radical (unpaired) electrons. The van der Waals surface area contributed by atoms with Crippen molar-refractivity contribution in [3.8, 4) is 0 Å². The molecule has 2 aromatic carbocycles. The van der Waals surface area contributed by atoms with E-state index in [0.29, 0.717) is 15.7 Å². The second-order valence-electron chi connectivity index (χ2n) is 5.17. The lowest BCUT2D eigenvalue weighted by molar-refractivity contribution is -0.140. The first-order valence-corrected chi connectivity index (χ1v) is 7.83. The molecule has 0 aliphatic carbocycles. The molecule has 2 rings (SSSR count). The van der Waals surface area contributed by atoms with Gasteiger partial charge < -0.3 is 5.32 Å². The SMILES string of the molecule is Cc1ccc(C(=O)Nc2cc(C(F)(F)F)ccc2C(F)(F)F)cc1I. The highest BCUT2D eigenvalue weighted by molar-refractivity contribution is 14.1. The number of carbonyl (C=O) groups is 1. The molecule has 2 nitrogen and oxygen atoms in total. The van der Waals surface area contributed by atoms with E-state index in [-0.39, 0.29) is 11.6 Å². The van der Waals surface area contributed by atoms with Gasteiger partial charge in [0.25, 0.3) is 5.91 Å². The third-order valence-corrected chi connectivity index (χ3v) is 4.50. The Bertz CT molecular complexity index is 813. The Hall–Kier alpha value is -1.78. The van der Waals surface area contributed by atoms with Gasteiger partial charge in [-0.15, -0.1) is 0 Å². The Morgan fingerprint density at radius 3 is 2.12 bits per heavy atom. The highest BCUT2D eigenvalue weighted by atomic mass is 127. The quantitative estimate of drug-likeness (QED) is 0.428. The first kappa shape index (κ1) is 19.5. The summed E-state index contributed by atoms with van der Waals surface area (Å²) in [6.07, 6.45) is -9.74. The van der Waals surface area contributed by atoms with Gasteiger partial charge in [-0.2, -0.15) is 26.3 Å². The smallest absolute Gasteiger partial charge is 0.321 e. The number of rotatable bonds is 2. The number of benzene rings is 2. The van der Waals surface area contributed by atoms with Gasteiger partial charge in [-0.1, -0.05) is 6.07 Å². The van der Waals surface area contributed by atoms with Gasteiger partial charge in [0.2, 0.25) is 0 Å². The third-order valence-electron chi connectivity index (χ3n) is 3.33. The van der Waals surface area contributed by atoms with E-state index in [1.54, 1.807) is 13.0 Å². The molecule has 0 saturated carbocycles. The predicted molar refractivity (Wildman–Crippen MR) is 88.3 cm³/mol. The molecule has 1 N–H and O–H groups in total. The predicted octanol–water partition coefficient (Wildman–Crippen LogP) is 5.89. The fourth-order valence-electron chi connectivity index (χ4n) is 2.00. The van der Waals surface area contributed by atoms with E-state index in [1.807, 2.05) is 27.9 Å². The highest BCUT2D eigenvalue weighted by Gasteiger charge is 2.37. The Morgan fingerprint density at radius 2 is 1.60 bits per heavy atom. The van der Waals surface area contributed by atoms with Crippen LogP contribution >= 0.6 is 22.6 Å². The van der Waals surface area contributed by atoms with Crippen molar-refractivity contribution >= 4 is 34.2 Å². The molecular weight excluding hydrogens is 463 g/mol. The summed E-state index contributed by atoms with van der Waals surface area (Å²) in [5.41, 5.74) is -2.68. The molecule has 1 amide bonds. The molecule has 25 heavy (non-hydrogen) atoms. The van der Waals surface area contributed by atoms with Gasteiger partial charge in [0.1, 0.15) is 0 Å². The largest absolute Gasteiger partial charge is 0.418 e. The third kappa shape index (κ3) is 4.65. The lowest BCUT2D eigenvalue weighted by Gasteiger charge is -2.16. The zero-order valence-corrected chi connectivity index (χ0v) is 14.7. The van der Waals surface area contributed by atoms with E-state index in [0.717, 1.165) is 5.56 Å². The molecule has 0 aromatic heterocycles. The van der Waals surface area contributed by atoms with Gasteiger partial charge in [-0.3, -0.25) is 4.79 Å². The number of nitrogens with one attached hydrogen (secondary N) is 1. The van der Waals surface area contributed by atoms with Crippen LogP contribution in [0.4, 0.5) is 32.0 Å². The number of carbonyl (C=O) groups excluding carboxylic acids is 1. The number of aryl methyl sites for hydroxylation is 1. The molecule has 134 valence electrons. The lowest BCUT2D eigenvalue weighted by Crippen LogP contribution is -2.18. The minimum absolute atomic E-state index is 0.0422. The molecule has 0 atom stereocenters. The first-order chi connectivity index (χ1) is 11.4. The van der Waals surface area contributed by atoms with Crippen LogP contribution in [0.1, 0.15) is 27.0 Å². The maximum absolute atomic E-state index is 13.0. The van der Waals surface area contributed by atoms with Crippen molar-refractivity contribution in [2.75, 3.05) is 5.32 Å².